The third-order valence-corrected chi connectivity index (χ3v) is 4.98. The maximum atomic E-state index is 13.2. The number of aromatic nitrogens is 1. The van der Waals surface area contributed by atoms with Crippen LogP contribution in [-0.4, -0.2) is 42.0 Å². The molecule has 0 saturated carbocycles. The maximum absolute atomic E-state index is 13.2. The van der Waals surface area contributed by atoms with Crippen LogP contribution in [0, 0.1) is 5.82 Å². The minimum atomic E-state index is -0.351. The Morgan fingerprint density at radius 3 is 2.58 bits per heavy atom. The van der Waals surface area contributed by atoms with E-state index in [4.69, 9.17) is 11.6 Å². The van der Waals surface area contributed by atoms with Crippen LogP contribution in [0.5, 0.6) is 0 Å². The zero-order valence-corrected chi connectivity index (χ0v) is 14.8. The number of carbonyl (C=O) groups excluding carboxylic acids is 1. The van der Waals surface area contributed by atoms with E-state index in [0.717, 1.165) is 16.6 Å². The first-order chi connectivity index (χ1) is 12.6. The highest BCUT2D eigenvalue weighted by molar-refractivity contribution is 6.33. The topological polar surface area (TPSA) is 36.4 Å². The van der Waals surface area contributed by atoms with E-state index in [1.807, 2.05) is 35.2 Å². The van der Waals surface area contributed by atoms with Gasteiger partial charge in [0.25, 0.3) is 5.91 Å². The van der Waals surface area contributed by atoms with Crippen LogP contribution in [0.3, 0.4) is 0 Å². The van der Waals surface area contributed by atoms with Gasteiger partial charge in [0.2, 0.25) is 0 Å². The van der Waals surface area contributed by atoms with Crippen LogP contribution in [0.25, 0.3) is 10.9 Å². The van der Waals surface area contributed by atoms with Gasteiger partial charge in [-0.05, 0) is 30.3 Å². The third kappa shape index (κ3) is 3.10. The number of para-hydroxylation sites is 1. The van der Waals surface area contributed by atoms with Crippen LogP contribution >= 0.6 is 11.6 Å². The predicted octanol–water partition coefficient (Wildman–Crippen LogP) is 3.99. The molecular weight excluding hydrogens is 353 g/mol. The molecule has 1 aliphatic rings. The summed E-state index contributed by atoms with van der Waals surface area (Å²) in [6.07, 6.45) is 1.70. The average molecular weight is 370 g/mol. The standard InChI is InChI=1S/C20H17ClFN3O/c21-17-13-15(22)6-7-18(17)24-9-11-25(12-10-24)20(26)16-5-1-3-14-4-2-8-23-19(14)16/h1-8,13H,9-12H2. The second kappa shape index (κ2) is 6.92. The van der Waals surface area contributed by atoms with Crippen LogP contribution in [-0.2, 0) is 0 Å². The van der Waals surface area contributed by atoms with Crippen molar-refractivity contribution in [2.75, 3.05) is 31.1 Å². The number of benzene rings is 2. The lowest BCUT2D eigenvalue weighted by Crippen LogP contribution is -2.49. The molecule has 1 fully saturated rings. The van der Waals surface area contributed by atoms with Gasteiger partial charge in [0.15, 0.2) is 0 Å². The number of halogens is 2. The second-order valence-corrected chi connectivity index (χ2v) is 6.66. The smallest absolute Gasteiger partial charge is 0.256 e. The largest absolute Gasteiger partial charge is 0.367 e. The number of fused-ring (bicyclic) bond motifs is 1. The molecule has 0 aliphatic carbocycles. The number of hydrogen-bond donors (Lipinski definition) is 0. The van der Waals surface area contributed by atoms with Gasteiger partial charge in [0, 0.05) is 37.8 Å². The minimum Gasteiger partial charge on any atom is -0.367 e. The molecule has 0 bridgehead atoms. The number of carbonyl (C=O) groups is 1. The molecule has 1 aromatic heterocycles. The van der Waals surface area contributed by atoms with Crippen molar-refractivity contribution in [2.45, 2.75) is 0 Å². The lowest BCUT2D eigenvalue weighted by Gasteiger charge is -2.36. The van der Waals surface area contributed by atoms with Crippen LogP contribution in [0.2, 0.25) is 5.02 Å². The van der Waals surface area contributed by atoms with E-state index < -0.39 is 0 Å². The molecule has 6 heteroatoms. The fourth-order valence-electron chi connectivity index (χ4n) is 3.34. The average Bonchev–Trinajstić information content (AvgIpc) is 2.67. The number of anilines is 1. The molecule has 2 heterocycles. The van der Waals surface area contributed by atoms with Gasteiger partial charge < -0.3 is 9.80 Å². The van der Waals surface area contributed by atoms with Gasteiger partial charge in [-0.1, -0.05) is 29.8 Å². The molecule has 1 amide bonds. The summed E-state index contributed by atoms with van der Waals surface area (Å²) >= 11 is 6.15. The molecule has 26 heavy (non-hydrogen) atoms. The van der Waals surface area contributed by atoms with Gasteiger partial charge in [-0.2, -0.15) is 0 Å². The first-order valence-corrected chi connectivity index (χ1v) is 8.84. The molecule has 1 saturated heterocycles. The van der Waals surface area contributed by atoms with Crippen molar-refractivity contribution >= 4 is 34.1 Å². The number of piperazine rings is 1. The Morgan fingerprint density at radius 1 is 1.04 bits per heavy atom. The number of hydrogen-bond acceptors (Lipinski definition) is 3. The molecule has 4 rings (SSSR count). The Bertz CT molecular complexity index is 965. The Kier molecular flexibility index (Phi) is 4.47. The normalized spacial score (nSPS) is 14.7. The first kappa shape index (κ1) is 16.8. The van der Waals surface area contributed by atoms with Gasteiger partial charge in [0.1, 0.15) is 5.82 Å². The highest BCUT2D eigenvalue weighted by Gasteiger charge is 2.24. The third-order valence-electron chi connectivity index (χ3n) is 4.68. The fraction of sp³-hybridized carbons (Fsp3) is 0.200. The molecular formula is C20H17ClFN3O. The summed E-state index contributed by atoms with van der Waals surface area (Å²) in [6, 6.07) is 13.9. The van der Waals surface area contributed by atoms with Crippen LogP contribution in [0.15, 0.2) is 54.7 Å². The van der Waals surface area contributed by atoms with Crippen molar-refractivity contribution in [2.24, 2.45) is 0 Å². The molecule has 0 radical (unpaired) electrons. The minimum absolute atomic E-state index is 0.0147. The second-order valence-electron chi connectivity index (χ2n) is 6.26. The number of pyridine rings is 1. The van der Waals surface area contributed by atoms with E-state index in [1.54, 1.807) is 12.3 Å². The van der Waals surface area contributed by atoms with Crippen molar-refractivity contribution in [3.63, 3.8) is 0 Å². The summed E-state index contributed by atoms with van der Waals surface area (Å²) in [5, 5.41) is 1.35. The van der Waals surface area contributed by atoms with Crippen LogP contribution in [0.1, 0.15) is 10.4 Å². The van der Waals surface area contributed by atoms with E-state index in [9.17, 15) is 9.18 Å². The van der Waals surface area contributed by atoms with Crippen molar-refractivity contribution in [3.05, 3.63) is 71.1 Å². The number of rotatable bonds is 2. The van der Waals surface area contributed by atoms with Gasteiger partial charge in [-0.3, -0.25) is 9.78 Å². The van der Waals surface area contributed by atoms with E-state index in [0.29, 0.717) is 36.8 Å². The predicted molar refractivity (Wildman–Crippen MR) is 101 cm³/mol. The highest BCUT2D eigenvalue weighted by atomic mass is 35.5. The van der Waals surface area contributed by atoms with E-state index in [1.165, 1.54) is 12.1 Å². The maximum Gasteiger partial charge on any atom is 0.256 e. The van der Waals surface area contributed by atoms with Gasteiger partial charge >= 0.3 is 0 Å². The van der Waals surface area contributed by atoms with Crippen molar-refractivity contribution < 1.29 is 9.18 Å². The molecule has 0 N–H and O–H groups in total. The molecule has 1 aliphatic heterocycles. The lowest BCUT2D eigenvalue weighted by atomic mass is 10.1. The summed E-state index contributed by atoms with van der Waals surface area (Å²) in [5.41, 5.74) is 2.15. The molecule has 0 spiro atoms. The lowest BCUT2D eigenvalue weighted by molar-refractivity contribution is 0.0748. The van der Waals surface area contributed by atoms with E-state index >= 15 is 0 Å². The summed E-state index contributed by atoms with van der Waals surface area (Å²) < 4.78 is 13.2. The molecule has 0 atom stereocenters. The molecule has 132 valence electrons. The van der Waals surface area contributed by atoms with Crippen molar-refractivity contribution in [1.82, 2.24) is 9.88 Å². The van der Waals surface area contributed by atoms with Gasteiger partial charge in [-0.15, -0.1) is 0 Å². The Labute approximate surface area is 155 Å². The molecule has 3 aromatic rings. The SMILES string of the molecule is O=C(c1cccc2cccnc12)N1CCN(c2ccc(F)cc2Cl)CC1. The quantitative estimate of drug-likeness (QED) is 0.685. The summed E-state index contributed by atoms with van der Waals surface area (Å²) in [4.78, 5) is 21.2. The molecule has 0 unspecified atom stereocenters. The van der Waals surface area contributed by atoms with Gasteiger partial charge in [-0.25, -0.2) is 4.39 Å². The Hall–Kier alpha value is -2.66. The van der Waals surface area contributed by atoms with Crippen molar-refractivity contribution in [3.8, 4) is 0 Å². The van der Waals surface area contributed by atoms with Crippen LogP contribution in [0.4, 0.5) is 10.1 Å². The zero-order chi connectivity index (χ0) is 18.1. The number of amides is 1. The summed E-state index contributed by atoms with van der Waals surface area (Å²) in [6.45, 7) is 2.45. The molecule has 2 aromatic carbocycles. The molecule has 4 nitrogen and oxygen atoms in total. The van der Waals surface area contributed by atoms with Crippen LogP contribution < -0.4 is 4.90 Å². The Morgan fingerprint density at radius 2 is 1.81 bits per heavy atom. The summed E-state index contributed by atoms with van der Waals surface area (Å²) in [5.74, 6) is -0.366. The van der Waals surface area contributed by atoms with E-state index in [2.05, 4.69) is 9.88 Å². The first-order valence-electron chi connectivity index (χ1n) is 8.46. The fourth-order valence-corrected chi connectivity index (χ4v) is 3.62. The Balaban J connectivity index is 1.51. The van der Waals surface area contributed by atoms with Gasteiger partial charge in [0.05, 0.1) is 21.8 Å². The highest BCUT2D eigenvalue weighted by Crippen LogP contribution is 2.28. The van der Waals surface area contributed by atoms with E-state index in [-0.39, 0.29) is 11.7 Å². The zero-order valence-electron chi connectivity index (χ0n) is 14.0. The van der Waals surface area contributed by atoms with Crippen molar-refractivity contribution in [1.29, 1.82) is 0 Å². The number of nitrogens with zero attached hydrogens (tertiary/aromatic N) is 3. The monoisotopic (exact) mass is 369 g/mol. The summed E-state index contributed by atoms with van der Waals surface area (Å²) in [7, 11) is 0.